The Morgan fingerprint density at radius 3 is 2.90 bits per heavy atom. The topological polar surface area (TPSA) is 46.6 Å². The van der Waals surface area contributed by atoms with E-state index in [1.807, 2.05) is 6.92 Å². The summed E-state index contributed by atoms with van der Waals surface area (Å²) in [5, 5.41) is 0. The Morgan fingerprint density at radius 2 is 2.24 bits per heavy atom. The van der Waals surface area contributed by atoms with Gasteiger partial charge in [0.05, 0.1) is 16.9 Å². The van der Waals surface area contributed by atoms with Crippen molar-refractivity contribution in [2.45, 2.75) is 36.6 Å². The lowest BCUT2D eigenvalue weighted by Crippen LogP contribution is -2.43. The summed E-state index contributed by atoms with van der Waals surface area (Å²) in [6, 6.07) is 3.74. The van der Waals surface area contributed by atoms with E-state index < -0.39 is 15.8 Å². The van der Waals surface area contributed by atoms with Crippen molar-refractivity contribution in [1.29, 1.82) is 0 Å². The minimum atomic E-state index is -3.63. The maximum atomic E-state index is 13.4. The van der Waals surface area contributed by atoms with Gasteiger partial charge < -0.3 is 4.74 Å². The second-order valence-corrected chi connectivity index (χ2v) is 7.17. The van der Waals surface area contributed by atoms with Gasteiger partial charge in [-0.3, -0.25) is 0 Å². The maximum Gasteiger partial charge on any atom is 0.243 e. The van der Waals surface area contributed by atoms with E-state index in [-0.39, 0.29) is 22.4 Å². The molecule has 0 radical (unpaired) electrons. The Hall–Kier alpha value is -0.690. The lowest BCUT2D eigenvalue weighted by Gasteiger charge is -2.31. The van der Waals surface area contributed by atoms with Crippen LogP contribution in [0.15, 0.2) is 23.1 Å². The van der Waals surface area contributed by atoms with Gasteiger partial charge in [-0.2, -0.15) is 4.31 Å². The van der Waals surface area contributed by atoms with E-state index in [0.29, 0.717) is 19.7 Å². The highest BCUT2D eigenvalue weighted by Gasteiger charge is 2.30. The normalized spacial score (nSPS) is 20.6. The zero-order chi connectivity index (χ0) is 15.5. The molecular formula is C14H19ClFNO3S. The van der Waals surface area contributed by atoms with Crippen LogP contribution < -0.4 is 0 Å². The highest BCUT2D eigenvalue weighted by Crippen LogP contribution is 2.24. The molecule has 1 unspecified atom stereocenters. The number of alkyl halides is 1. The monoisotopic (exact) mass is 335 g/mol. The molecule has 4 nitrogen and oxygen atoms in total. The lowest BCUT2D eigenvalue weighted by molar-refractivity contribution is 0.0265. The fourth-order valence-corrected chi connectivity index (χ4v) is 4.22. The first-order chi connectivity index (χ1) is 9.98. The van der Waals surface area contributed by atoms with Gasteiger partial charge in [-0.25, -0.2) is 12.8 Å². The van der Waals surface area contributed by atoms with Crippen molar-refractivity contribution >= 4 is 21.6 Å². The smallest absolute Gasteiger partial charge is 0.243 e. The van der Waals surface area contributed by atoms with Crippen LogP contribution in [-0.2, 0) is 20.6 Å². The molecule has 0 N–H and O–H groups in total. The van der Waals surface area contributed by atoms with Crippen LogP contribution in [0.1, 0.15) is 25.3 Å². The average molecular weight is 336 g/mol. The van der Waals surface area contributed by atoms with Gasteiger partial charge >= 0.3 is 0 Å². The number of nitrogens with zero attached hydrogens (tertiary/aromatic N) is 1. The molecule has 1 fully saturated rings. The Bertz CT molecular complexity index is 592. The highest BCUT2D eigenvalue weighted by molar-refractivity contribution is 7.89. The Labute approximate surface area is 129 Å². The number of ether oxygens (including phenoxy) is 1. The van der Waals surface area contributed by atoms with Crippen molar-refractivity contribution in [2.24, 2.45) is 0 Å². The summed E-state index contributed by atoms with van der Waals surface area (Å²) >= 11 is 5.64. The van der Waals surface area contributed by atoms with Gasteiger partial charge in [0.2, 0.25) is 10.0 Å². The maximum absolute atomic E-state index is 13.4. The average Bonchev–Trinajstić information content (AvgIpc) is 2.48. The minimum absolute atomic E-state index is 0.0588. The van der Waals surface area contributed by atoms with Crippen molar-refractivity contribution < 1.29 is 17.5 Å². The largest absolute Gasteiger partial charge is 0.377 e. The van der Waals surface area contributed by atoms with E-state index in [9.17, 15) is 12.8 Å². The second-order valence-electron chi connectivity index (χ2n) is 4.97. The van der Waals surface area contributed by atoms with Crippen LogP contribution in [0.2, 0.25) is 0 Å². The molecule has 1 atom stereocenters. The van der Waals surface area contributed by atoms with Crippen molar-refractivity contribution in [3.05, 3.63) is 29.6 Å². The van der Waals surface area contributed by atoms with Crippen LogP contribution in [0.25, 0.3) is 0 Å². The molecule has 7 heteroatoms. The predicted octanol–water partition coefficient (Wildman–Crippen LogP) is 2.75. The molecule has 21 heavy (non-hydrogen) atoms. The van der Waals surface area contributed by atoms with Crippen molar-refractivity contribution in [2.75, 3.05) is 19.7 Å². The number of hydrogen-bond donors (Lipinski definition) is 0. The Kier molecular flexibility index (Phi) is 5.60. The van der Waals surface area contributed by atoms with E-state index in [4.69, 9.17) is 16.3 Å². The number of sulfonamides is 1. The lowest BCUT2D eigenvalue weighted by atomic mass is 10.1. The molecule has 0 aromatic heterocycles. The zero-order valence-electron chi connectivity index (χ0n) is 11.9. The molecule has 0 saturated carbocycles. The van der Waals surface area contributed by atoms with Gasteiger partial charge in [0, 0.05) is 25.3 Å². The number of rotatable bonds is 5. The third-order valence-corrected chi connectivity index (χ3v) is 5.69. The van der Waals surface area contributed by atoms with Gasteiger partial charge in [0.25, 0.3) is 0 Å². The molecule has 0 amide bonds. The fourth-order valence-electron chi connectivity index (χ4n) is 2.46. The number of benzene rings is 1. The zero-order valence-corrected chi connectivity index (χ0v) is 13.5. The van der Waals surface area contributed by atoms with Crippen LogP contribution in [0.3, 0.4) is 0 Å². The van der Waals surface area contributed by atoms with Crippen LogP contribution >= 0.6 is 11.6 Å². The van der Waals surface area contributed by atoms with Gasteiger partial charge in [0.1, 0.15) is 5.82 Å². The van der Waals surface area contributed by atoms with Crippen molar-refractivity contribution in [3.8, 4) is 0 Å². The SMILES string of the molecule is CCOC1CCCN(S(=O)(=O)c2ccc(F)c(CCl)c2)C1. The molecule has 0 bridgehead atoms. The van der Waals surface area contributed by atoms with Crippen LogP contribution in [0, 0.1) is 5.82 Å². The third kappa shape index (κ3) is 3.74. The highest BCUT2D eigenvalue weighted by atomic mass is 35.5. The van der Waals surface area contributed by atoms with E-state index in [1.54, 1.807) is 0 Å². The minimum Gasteiger partial charge on any atom is -0.377 e. The molecule has 0 spiro atoms. The second kappa shape index (κ2) is 7.05. The number of halogens is 2. The first-order valence-corrected chi connectivity index (χ1v) is 8.92. The van der Waals surface area contributed by atoms with Crippen LogP contribution in [0.5, 0.6) is 0 Å². The Balaban J connectivity index is 2.25. The molecule has 1 aliphatic heterocycles. The third-order valence-electron chi connectivity index (χ3n) is 3.54. The van der Waals surface area contributed by atoms with Crippen molar-refractivity contribution in [3.63, 3.8) is 0 Å². The summed E-state index contributed by atoms with van der Waals surface area (Å²) in [5.74, 6) is -0.550. The van der Waals surface area contributed by atoms with E-state index in [2.05, 4.69) is 0 Å². The van der Waals surface area contributed by atoms with Crippen LogP contribution in [-0.4, -0.2) is 38.5 Å². The van der Waals surface area contributed by atoms with Gasteiger partial charge in [-0.1, -0.05) is 0 Å². The molecule has 1 aromatic rings. The summed E-state index contributed by atoms with van der Waals surface area (Å²) in [5.41, 5.74) is 0.191. The summed E-state index contributed by atoms with van der Waals surface area (Å²) < 4.78 is 45.6. The van der Waals surface area contributed by atoms with Crippen LogP contribution in [0.4, 0.5) is 4.39 Å². The fraction of sp³-hybridized carbons (Fsp3) is 0.571. The predicted molar refractivity (Wildman–Crippen MR) is 79.4 cm³/mol. The van der Waals surface area contributed by atoms with Crippen molar-refractivity contribution in [1.82, 2.24) is 4.31 Å². The van der Waals surface area contributed by atoms with Gasteiger partial charge in [0.15, 0.2) is 0 Å². The summed E-state index contributed by atoms with van der Waals surface area (Å²) in [6.45, 7) is 3.24. The summed E-state index contributed by atoms with van der Waals surface area (Å²) in [7, 11) is -3.63. The number of hydrogen-bond acceptors (Lipinski definition) is 3. The first kappa shape index (κ1) is 16.7. The number of piperidine rings is 1. The standard InChI is InChI=1S/C14H19ClFNO3S/c1-2-20-12-4-3-7-17(10-12)21(18,19)13-5-6-14(16)11(8-13)9-15/h5-6,8,12H,2-4,7,9-10H2,1H3. The molecule has 118 valence electrons. The summed E-state index contributed by atoms with van der Waals surface area (Å²) in [6.07, 6.45) is 1.54. The van der Waals surface area contributed by atoms with E-state index >= 15 is 0 Å². The molecule has 2 rings (SSSR count). The molecule has 1 saturated heterocycles. The molecule has 1 aliphatic rings. The van der Waals surface area contributed by atoms with Gasteiger partial charge in [-0.15, -0.1) is 11.6 Å². The quantitative estimate of drug-likeness (QED) is 0.777. The molecule has 0 aliphatic carbocycles. The van der Waals surface area contributed by atoms with E-state index in [1.165, 1.54) is 16.4 Å². The molecule has 1 aromatic carbocycles. The molecule has 1 heterocycles. The summed E-state index contributed by atoms with van der Waals surface area (Å²) in [4.78, 5) is 0.0803. The van der Waals surface area contributed by atoms with Gasteiger partial charge in [-0.05, 0) is 38.0 Å². The molecular weight excluding hydrogens is 317 g/mol. The first-order valence-electron chi connectivity index (χ1n) is 6.95. The van der Waals surface area contributed by atoms with E-state index in [0.717, 1.165) is 18.9 Å². The Morgan fingerprint density at radius 1 is 1.48 bits per heavy atom.